The fourth-order valence-corrected chi connectivity index (χ4v) is 2.79. The Kier molecular flexibility index (Phi) is 6.57. The van der Waals surface area contributed by atoms with E-state index in [1.807, 2.05) is 5.32 Å². The van der Waals surface area contributed by atoms with E-state index in [1.165, 1.54) is 31.2 Å². The molecule has 0 saturated carbocycles. The van der Waals surface area contributed by atoms with Crippen molar-refractivity contribution >= 4 is 29.0 Å². The van der Waals surface area contributed by atoms with Crippen LogP contribution in [0, 0.1) is 21.7 Å². The number of anilines is 1. The largest absolute Gasteiger partial charge is 0.317 e. The number of Topliss-reactive ketones (excluding diaryl/α,β-unsaturated/α-hetero) is 1. The molecule has 2 rings (SSSR count). The summed E-state index contributed by atoms with van der Waals surface area (Å²) in [5.74, 6) is -5.17. The number of ketones is 1. The zero-order valence-corrected chi connectivity index (χ0v) is 14.9. The van der Waals surface area contributed by atoms with E-state index in [4.69, 9.17) is 11.6 Å². The molecule has 9 heteroatoms. The highest BCUT2D eigenvalue weighted by molar-refractivity contribution is 6.30. The van der Waals surface area contributed by atoms with Crippen LogP contribution < -0.4 is 5.32 Å². The van der Waals surface area contributed by atoms with Gasteiger partial charge >= 0.3 is 0 Å². The third kappa shape index (κ3) is 5.07. The first kappa shape index (κ1) is 20.4. The lowest BCUT2D eigenvalue weighted by atomic mass is 9.87. The molecule has 0 aliphatic rings. The van der Waals surface area contributed by atoms with Crippen LogP contribution in [0.15, 0.2) is 42.5 Å². The van der Waals surface area contributed by atoms with Gasteiger partial charge in [0.05, 0.1) is 11.6 Å². The second kappa shape index (κ2) is 8.68. The average molecular weight is 397 g/mol. The van der Waals surface area contributed by atoms with Crippen molar-refractivity contribution in [3.05, 3.63) is 74.8 Å². The minimum absolute atomic E-state index is 0.285. The van der Waals surface area contributed by atoms with Crippen LogP contribution in [-0.2, 0) is 9.59 Å². The van der Waals surface area contributed by atoms with Crippen LogP contribution in [0.4, 0.5) is 14.5 Å². The van der Waals surface area contributed by atoms with Gasteiger partial charge in [-0.25, -0.2) is 8.78 Å². The highest BCUT2D eigenvalue weighted by Gasteiger charge is 2.40. The van der Waals surface area contributed by atoms with Crippen molar-refractivity contribution in [3.63, 3.8) is 0 Å². The number of nitrogens with zero attached hydrogens (tertiary/aromatic N) is 1. The third-order valence-corrected chi connectivity index (χ3v) is 4.14. The normalized spacial score (nSPS) is 12.9. The number of amides is 1. The Hall–Kier alpha value is -2.87. The van der Waals surface area contributed by atoms with Crippen LogP contribution in [0.1, 0.15) is 24.8 Å². The summed E-state index contributed by atoms with van der Waals surface area (Å²) in [6.07, 6.45) is -0.285. The molecule has 0 aromatic heterocycles. The van der Waals surface area contributed by atoms with Crippen LogP contribution in [0.5, 0.6) is 0 Å². The zero-order chi connectivity index (χ0) is 20.1. The summed E-state index contributed by atoms with van der Waals surface area (Å²) in [6, 6.07) is 7.10. The number of benzene rings is 2. The zero-order valence-electron chi connectivity index (χ0n) is 14.1. The van der Waals surface area contributed by atoms with E-state index in [0.717, 1.165) is 18.2 Å². The molecule has 6 nitrogen and oxygen atoms in total. The Balaban J connectivity index is 2.39. The number of rotatable bonds is 7. The van der Waals surface area contributed by atoms with Crippen molar-refractivity contribution in [1.29, 1.82) is 0 Å². The second-order valence-electron chi connectivity index (χ2n) is 5.89. The van der Waals surface area contributed by atoms with E-state index >= 15 is 0 Å². The summed E-state index contributed by atoms with van der Waals surface area (Å²) < 4.78 is 27.1. The van der Waals surface area contributed by atoms with E-state index in [-0.39, 0.29) is 12.2 Å². The van der Waals surface area contributed by atoms with Crippen molar-refractivity contribution in [3.8, 4) is 0 Å². The molecule has 27 heavy (non-hydrogen) atoms. The second-order valence-corrected chi connectivity index (χ2v) is 6.32. The summed E-state index contributed by atoms with van der Waals surface area (Å²) >= 11 is 5.81. The predicted molar refractivity (Wildman–Crippen MR) is 95.3 cm³/mol. The van der Waals surface area contributed by atoms with Crippen LogP contribution in [0.25, 0.3) is 0 Å². The van der Waals surface area contributed by atoms with E-state index in [2.05, 4.69) is 0 Å². The van der Waals surface area contributed by atoms with Gasteiger partial charge in [-0.2, -0.15) is 0 Å². The van der Waals surface area contributed by atoms with Crippen LogP contribution >= 0.6 is 11.6 Å². The SMILES string of the molecule is CC(=O)CC(c1ccc(Cl)cc1)C(C(=O)Nc1cccc(F)c1F)[N+](=O)[O-]. The van der Waals surface area contributed by atoms with Crippen LogP contribution in [0.2, 0.25) is 5.02 Å². The maximum Gasteiger partial charge on any atom is 0.299 e. The fourth-order valence-electron chi connectivity index (χ4n) is 2.66. The lowest BCUT2D eigenvalue weighted by Crippen LogP contribution is -2.40. The van der Waals surface area contributed by atoms with E-state index in [9.17, 15) is 28.5 Å². The molecule has 0 fully saturated rings. The van der Waals surface area contributed by atoms with Gasteiger partial charge in [0.15, 0.2) is 11.6 Å². The number of carbonyl (C=O) groups is 2. The van der Waals surface area contributed by atoms with E-state index in [1.54, 1.807) is 0 Å². The number of carbonyl (C=O) groups excluding carboxylic acids is 2. The molecule has 0 heterocycles. The molecule has 0 radical (unpaired) electrons. The molecule has 0 spiro atoms. The molecule has 1 N–H and O–H groups in total. The number of nitrogens with one attached hydrogen (secondary N) is 1. The molecule has 0 bridgehead atoms. The molecule has 2 aromatic rings. The Labute approximate surface area is 158 Å². The van der Waals surface area contributed by atoms with Gasteiger partial charge in [0.2, 0.25) is 0 Å². The molecule has 0 aliphatic carbocycles. The van der Waals surface area contributed by atoms with Crippen molar-refractivity contribution in [1.82, 2.24) is 0 Å². The highest BCUT2D eigenvalue weighted by Crippen LogP contribution is 2.28. The standard InChI is InChI=1S/C18H15ClF2N2O4/c1-10(24)9-13(11-5-7-12(19)8-6-11)17(23(26)27)18(25)22-15-4-2-3-14(20)16(15)21/h2-8,13,17H,9H2,1H3,(H,22,25). The molecule has 0 saturated heterocycles. The topological polar surface area (TPSA) is 89.3 Å². The van der Waals surface area contributed by atoms with Gasteiger partial charge < -0.3 is 10.1 Å². The number of nitro groups is 1. The van der Waals surface area contributed by atoms with Crippen LogP contribution in [0.3, 0.4) is 0 Å². The maximum absolute atomic E-state index is 13.8. The molecular weight excluding hydrogens is 382 g/mol. The summed E-state index contributed by atoms with van der Waals surface area (Å²) in [6.45, 7) is 1.24. The molecule has 1 amide bonds. The van der Waals surface area contributed by atoms with Gasteiger partial charge in [-0.15, -0.1) is 0 Å². The quantitative estimate of drug-likeness (QED) is 0.566. The molecule has 2 atom stereocenters. The van der Waals surface area contributed by atoms with Gasteiger partial charge in [0.1, 0.15) is 5.78 Å². The lowest BCUT2D eigenvalue weighted by molar-refractivity contribution is -0.511. The molecular formula is C18H15ClF2N2O4. The van der Waals surface area contributed by atoms with Crippen molar-refractivity contribution in [2.75, 3.05) is 5.32 Å². The number of halogens is 3. The molecule has 142 valence electrons. The minimum atomic E-state index is -1.89. The molecule has 2 unspecified atom stereocenters. The molecule has 0 aliphatic heterocycles. The Morgan fingerprint density at radius 3 is 2.37 bits per heavy atom. The summed E-state index contributed by atoms with van der Waals surface area (Å²) in [7, 11) is 0. The number of hydrogen-bond donors (Lipinski definition) is 1. The van der Waals surface area contributed by atoms with Crippen LogP contribution in [-0.4, -0.2) is 22.7 Å². The van der Waals surface area contributed by atoms with Crippen molar-refractivity contribution in [2.24, 2.45) is 0 Å². The van der Waals surface area contributed by atoms with Gasteiger partial charge in [0, 0.05) is 16.4 Å². The van der Waals surface area contributed by atoms with Gasteiger partial charge in [-0.3, -0.25) is 14.9 Å². The lowest BCUT2D eigenvalue weighted by Gasteiger charge is -2.20. The third-order valence-electron chi connectivity index (χ3n) is 3.89. The monoisotopic (exact) mass is 396 g/mol. The molecule has 2 aromatic carbocycles. The van der Waals surface area contributed by atoms with Gasteiger partial charge in [-0.1, -0.05) is 29.8 Å². The smallest absolute Gasteiger partial charge is 0.299 e. The first-order valence-corrected chi connectivity index (χ1v) is 8.21. The van der Waals surface area contributed by atoms with Gasteiger partial charge in [-0.05, 0) is 36.8 Å². The maximum atomic E-state index is 13.8. The number of hydrogen-bond acceptors (Lipinski definition) is 4. The summed E-state index contributed by atoms with van der Waals surface area (Å²) in [4.78, 5) is 34.8. The van der Waals surface area contributed by atoms with E-state index < -0.39 is 40.1 Å². The summed E-state index contributed by atoms with van der Waals surface area (Å²) in [5, 5.41) is 14.0. The highest BCUT2D eigenvalue weighted by atomic mass is 35.5. The minimum Gasteiger partial charge on any atom is -0.317 e. The Bertz CT molecular complexity index is 874. The Morgan fingerprint density at radius 2 is 1.81 bits per heavy atom. The first-order valence-electron chi connectivity index (χ1n) is 7.84. The fraction of sp³-hybridized carbons (Fsp3) is 0.222. The summed E-state index contributed by atoms with van der Waals surface area (Å²) in [5.41, 5.74) is -0.171. The Morgan fingerprint density at radius 1 is 1.19 bits per heavy atom. The van der Waals surface area contributed by atoms with E-state index in [0.29, 0.717) is 10.6 Å². The first-order chi connectivity index (χ1) is 12.7. The van der Waals surface area contributed by atoms with Crippen molar-refractivity contribution < 1.29 is 23.3 Å². The van der Waals surface area contributed by atoms with Crippen molar-refractivity contribution in [2.45, 2.75) is 25.3 Å². The van der Waals surface area contributed by atoms with Gasteiger partial charge in [0.25, 0.3) is 11.9 Å². The average Bonchev–Trinajstić information content (AvgIpc) is 2.58. The predicted octanol–water partition coefficient (Wildman–Crippen LogP) is 3.96.